The van der Waals surface area contributed by atoms with Crippen LogP contribution in [0.2, 0.25) is 0 Å². The van der Waals surface area contributed by atoms with Crippen LogP contribution in [0.25, 0.3) is 0 Å². The van der Waals surface area contributed by atoms with E-state index in [1.54, 1.807) is 20.9 Å². The van der Waals surface area contributed by atoms with Crippen LogP contribution in [0.1, 0.15) is 11.4 Å². The standard InChI is InChI=1S/C13H13BrF2N4/c1-6-12(17-3)18-7(2)19-13(6)20-11-9(15)4-8(14)5-10(11)16/h4-5H,1-3H3,(H2,17,18,19,20). The Kier molecular flexibility index (Phi) is 4.17. The first-order chi connectivity index (χ1) is 9.42. The summed E-state index contributed by atoms with van der Waals surface area (Å²) >= 11 is 3.04. The number of nitrogens with zero attached hydrogens (tertiary/aromatic N) is 2. The van der Waals surface area contributed by atoms with E-state index in [9.17, 15) is 8.78 Å². The SMILES string of the molecule is CNc1nc(C)nc(Nc2c(F)cc(Br)cc2F)c1C. The highest BCUT2D eigenvalue weighted by molar-refractivity contribution is 9.10. The van der Waals surface area contributed by atoms with Gasteiger partial charge in [0, 0.05) is 17.1 Å². The molecule has 1 heterocycles. The molecule has 0 aliphatic rings. The zero-order valence-electron chi connectivity index (χ0n) is 11.2. The summed E-state index contributed by atoms with van der Waals surface area (Å²) in [7, 11) is 1.72. The second-order valence-electron chi connectivity index (χ2n) is 4.21. The fourth-order valence-corrected chi connectivity index (χ4v) is 2.18. The van der Waals surface area contributed by atoms with Crippen molar-refractivity contribution in [3.63, 3.8) is 0 Å². The predicted molar refractivity (Wildman–Crippen MR) is 78.4 cm³/mol. The molecule has 0 aliphatic carbocycles. The Bertz CT molecular complexity index is 638. The van der Waals surface area contributed by atoms with Crippen LogP contribution in [0.15, 0.2) is 16.6 Å². The van der Waals surface area contributed by atoms with Gasteiger partial charge in [-0.1, -0.05) is 15.9 Å². The van der Waals surface area contributed by atoms with Gasteiger partial charge in [-0.2, -0.15) is 0 Å². The molecule has 20 heavy (non-hydrogen) atoms. The number of hydrogen-bond acceptors (Lipinski definition) is 4. The summed E-state index contributed by atoms with van der Waals surface area (Å²) < 4.78 is 28.0. The van der Waals surface area contributed by atoms with Crippen molar-refractivity contribution in [3.05, 3.63) is 39.6 Å². The minimum absolute atomic E-state index is 0.239. The second-order valence-corrected chi connectivity index (χ2v) is 5.13. The average Bonchev–Trinajstić information content (AvgIpc) is 2.37. The van der Waals surface area contributed by atoms with Gasteiger partial charge in [0.1, 0.15) is 23.1 Å². The summed E-state index contributed by atoms with van der Waals surface area (Å²) in [6.07, 6.45) is 0. The molecule has 0 radical (unpaired) electrons. The minimum atomic E-state index is -0.696. The molecule has 1 aromatic heterocycles. The molecule has 2 N–H and O–H groups in total. The average molecular weight is 343 g/mol. The highest BCUT2D eigenvalue weighted by atomic mass is 79.9. The largest absolute Gasteiger partial charge is 0.373 e. The van der Waals surface area contributed by atoms with Gasteiger partial charge >= 0.3 is 0 Å². The molecule has 2 aromatic rings. The lowest BCUT2D eigenvalue weighted by atomic mass is 10.2. The molecule has 0 fully saturated rings. The molecule has 1 aromatic carbocycles. The minimum Gasteiger partial charge on any atom is -0.373 e. The Morgan fingerprint density at radius 2 is 1.60 bits per heavy atom. The zero-order valence-corrected chi connectivity index (χ0v) is 12.8. The monoisotopic (exact) mass is 342 g/mol. The molecule has 0 atom stereocenters. The fraction of sp³-hybridized carbons (Fsp3) is 0.231. The molecule has 0 aliphatic heterocycles. The molecule has 0 unspecified atom stereocenters. The van der Waals surface area contributed by atoms with E-state index in [-0.39, 0.29) is 5.69 Å². The van der Waals surface area contributed by atoms with Crippen LogP contribution in [0.3, 0.4) is 0 Å². The third-order valence-corrected chi connectivity index (χ3v) is 3.20. The van der Waals surface area contributed by atoms with Crippen LogP contribution in [0.5, 0.6) is 0 Å². The highest BCUT2D eigenvalue weighted by Gasteiger charge is 2.14. The van der Waals surface area contributed by atoms with Gasteiger partial charge in [0.25, 0.3) is 0 Å². The smallest absolute Gasteiger partial charge is 0.150 e. The predicted octanol–water partition coefficient (Wildman–Crippen LogP) is 3.92. The summed E-state index contributed by atoms with van der Waals surface area (Å²) in [5.41, 5.74) is 0.441. The van der Waals surface area contributed by atoms with E-state index >= 15 is 0 Å². The van der Waals surface area contributed by atoms with Crippen LogP contribution in [-0.4, -0.2) is 17.0 Å². The van der Waals surface area contributed by atoms with Crippen LogP contribution in [-0.2, 0) is 0 Å². The lowest BCUT2D eigenvalue weighted by Crippen LogP contribution is -2.07. The van der Waals surface area contributed by atoms with Gasteiger partial charge in [0.05, 0.1) is 0 Å². The van der Waals surface area contributed by atoms with E-state index < -0.39 is 11.6 Å². The van der Waals surface area contributed by atoms with E-state index in [0.29, 0.717) is 27.5 Å². The molecule has 106 valence electrons. The van der Waals surface area contributed by atoms with Crippen molar-refractivity contribution in [2.24, 2.45) is 0 Å². The normalized spacial score (nSPS) is 10.5. The number of aromatic nitrogens is 2. The lowest BCUT2D eigenvalue weighted by molar-refractivity contribution is 0.589. The maximum Gasteiger partial charge on any atom is 0.150 e. The van der Waals surface area contributed by atoms with Crippen molar-refractivity contribution in [1.82, 2.24) is 9.97 Å². The summed E-state index contributed by atoms with van der Waals surface area (Å²) in [5, 5.41) is 5.60. The van der Waals surface area contributed by atoms with Gasteiger partial charge < -0.3 is 10.6 Å². The molecule has 7 heteroatoms. The maximum atomic E-state index is 13.8. The second kappa shape index (κ2) is 5.70. The third kappa shape index (κ3) is 2.87. The van der Waals surface area contributed by atoms with Crippen LogP contribution < -0.4 is 10.6 Å². The van der Waals surface area contributed by atoms with Gasteiger partial charge in [0.2, 0.25) is 0 Å². The number of benzene rings is 1. The first kappa shape index (κ1) is 14.6. The van der Waals surface area contributed by atoms with Gasteiger partial charge in [-0.25, -0.2) is 18.7 Å². The van der Waals surface area contributed by atoms with Crippen LogP contribution in [0, 0.1) is 25.5 Å². The first-order valence-electron chi connectivity index (χ1n) is 5.87. The van der Waals surface area contributed by atoms with Crippen LogP contribution >= 0.6 is 15.9 Å². The summed E-state index contributed by atoms with van der Waals surface area (Å²) in [6, 6.07) is 2.38. The van der Waals surface area contributed by atoms with Crippen LogP contribution in [0.4, 0.5) is 26.1 Å². The Morgan fingerprint density at radius 1 is 1.05 bits per heavy atom. The first-order valence-corrected chi connectivity index (χ1v) is 6.66. The summed E-state index contributed by atoms with van der Waals surface area (Å²) in [4.78, 5) is 8.37. The van der Waals surface area contributed by atoms with Gasteiger partial charge in [-0.3, -0.25) is 0 Å². The van der Waals surface area contributed by atoms with Crippen molar-refractivity contribution in [1.29, 1.82) is 0 Å². The van der Waals surface area contributed by atoms with Gasteiger partial charge in [0.15, 0.2) is 11.6 Å². The molecule has 0 saturated carbocycles. The Morgan fingerprint density at radius 3 is 2.15 bits per heavy atom. The topological polar surface area (TPSA) is 49.8 Å². The number of aryl methyl sites for hydroxylation is 1. The van der Waals surface area contributed by atoms with E-state index in [1.165, 1.54) is 12.1 Å². The number of rotatable bonds is 3. The van der Waals surface area contributed by atoms with E-state index in [4.69, 9.17) is 0 Å². The summed E-state index contributed by atoms with van der Waals surface area (Å²) in [5.74, 6) is 0.0809. The molecule has 0 amide bonds. The van der Waals surface area contributed by atoms with Crippen molar-refractivity contribution in [3.8, 4) is 0 Å². The number of hydrogen-bond donors (Lipinski definition) is 2. The molecule has 2 rings (SSSR count). The fourth-order valence-electron chi connectivity index (χ4n) is 1.77. The van der Waals surface area contributed by atoms with Crippen molar-refractivity contribution >= 4 is 33.3 Å². The number of anilines is 3. The molecular formula is C13H13BrF2N4. The third-order valence-electron chi connectivity index (χ3n) is 2.74. The summed E-state index contributed by atoms with van der Waals surface area (Å²) in [6.45, 7) is 3.47. The van der Waals surface area contributed by atoms with Gasteiger partial charge in [-0.05, 0) is 26.0 Å². The lowest BCUT2D eigenvalue weighted by Gasteiger charge is -2.13. The van der Waals surface area contributed by atoms with E-state index in [1.807, 2.05) is 0 Å². The molecule has 0 spiro atoms. The van der Waals surface area contributed by atoms with Crippen molar-refractivity contribution in [2.45, 2.75) is 13.8 Å². The highest BCUT2D eigenvalue weighted by Crippen LogP contribution is 2.29. The zero-order chi connectivity index (χ0) is 14.9. The number of nitrogens with one attached hydrogen (secondary N) is 2. The Balaban J connectivity index is 2.48. The molecule has 0 saturated heterocycles. The molecule has 4 nitrogen and oxygen atoms in total. The van der Waals surface area contributed by atoms with Crippen molar-refractivity contribution in [2.75, 3.05) is 17.7 Å². The Labute approximate surface area is 123 Å². The molecule has 0 bridgehead atoms. The maximum absolute atomic E-state index is 13.8. The number of halogens is 3. The quantitative estimate of drug-likeness (QED) is 0.887. The van der Waals surface area contributed by atoms with Gasteiger partial charge in [-0.15, -0.1) is 0 Å². The molecular weight excluding hydrogens is 330 g/mol. The van der Waals surface area contributed by atoms with Crippen molar-refractivity contribution < 1.29 is 8.78 Å². The van der Waals surface area contributed by atoms with E-state index in [2.05, 4.69) is 36.5 Å². The van der Waals surface area contributed by atoms with E-state index in [0.717, 1.165) is 0 Å². The Hall–Kier alpha value is -1.76.